The molecule has 2 aromatic heterocycles. The number of rotatable bonds is 13. The van der Waals surface area contributed by atoms with Crippen LogP contribution in [0.5, 0.6) is 11.6 Å². The number of halogens is 3. The van der Waals surface area contributed by atoms with Gasteiger partial charge in [-0.25, -0.2) is 9.37 Å². The van der Waals surface area contributed by atoms with E-state index >= 15 is 4.39 Å². The molecule has 10 nitrogen and oxygen atoms in total. The summed E-state index contributed by atoms with van der Waals surface area (Å²) in [4.78, 5) is 38.0. The van der Waals surface area contributed by atoms with Crippen molar-refractivity contribution in [3.05, 3.63) is 81.7 Å². The van der Waals surface area contributed by atoms with Crippen LogP contribution < -0.4 is 20.1 Å². The number of amides is 2. The lowest BCUT2D eigenvalue weighted by Crippen LogP contribution is -2.46. The third-order valence-corrected chi connectivity index (χ3v) is 11.8. The van der Waals surface area contributed by atoms with E-state index in [1.165, 1.54) is 13.2 Å². The summed E-state index contributed by atoms with van der Waals surface area (Å²) >= 11 is 14.2. The van der Waals surface area contributed by atoms with E-state index in [0.717, 1.165) is 44.3 Å². The van der Waals surface area contributed by atoms with Gasteiger partial charge in [-0.05, 0) is 49.9 Å². The monoisotopic (exact) mass is 818 g/mol. The van der Waals surface area contributed by atoms with Gasteiger partial charge >= 0.3 is 0 Å². The van der Waals surface area contributed by atoms with Crippen molar-refractivity contribution in [1.29, 1.82) is 0 Å². The molecule has 0 saturated carbocycles. The maximum absolute atomic E-state index is 15.9. The molecule has 57 heavy (non-hydrogen) atoms. The first kappa shape index (κ1) is 42.3. The molecule has 2 aliphatic heterocycles. The van der Waals surface area contributed by atoms with Gasteiger partial charge in [-0.15, -0.1) is 0 Å². The molecule has 0 spiro atoms. The summed E-state index contributed by atoms with van der Waals surface area (Å²) in [6.07, 6.45) is 5.01. The lowest BCUT2D eigenvalue weighted by molar-refractivity contribution is -0.136. The summed E-state index contributed by atoms with van der Waals surface area (Å²) in [7, 11) is 3.12. The molecular weight excluding hydrogens is 766 g/mol. The van der Waals surface area contributed by atoms with Gasteiger partial charge in [0, 0.05) is 103 Å². The number of hydrogen-bond acceptors (Lipinski definition) is 8. The first-order chi connectivity index (χ1) is 27.4. The van der Waals surface area contributed by atoms with Crippen LogP contribution >= 0.6 is 23.2 Å². The van der Waals surface area contributed by atoms with E-state index in [0.29, 0.717) is 86.6 Å². The van der Waals surface area contributed by atoms with E-state index in [4.69, 9.17) is 37.7 Å². The zero-order chi connectivity index (χ0) is 40.8. The Morgan fingerprint density at radius 2 is 1.37 bits per heavy atom. The molecule has 2 fully saturated rings. The number of hydrogen-bond donors (Lipinski definition) is 2. The number of carbonyl (C=O) groups is 2. The van der Waals surface area contributed by atoms with Crippen molar-refractivity contribution in [2.45, 2.75) is 78.6 Å². The third-order valence-electron chi connectivity index (χ3n) is 11.0. The maximum atomic E-state index is 15.9. The Morgan fingerprint density at radius 1 is 0.789 bits per heavy atom. The highest BCUT2D eigenvalue weighted by atomic mass is 35.5. The van der Waals surface area contributed by atoms with Crippen molar-refractivity contribution in [3.8, 4) is 45.3 Å². The van der Waals surface area contributed by atoms with Crippen molar-refractivity contribution in [2.24, 2.45) is 11.8 Å². The number of aromatic nitrogens is 2. The minimum absolute atomic E-state index is 0.00844. The van der Waals surface area contributed by atoms with Crippen molar-refractivity contribution >= 4 is 35.0 Å². The molecule has 0 atom stereocenters. The average molecular weight is 820 g/mol. The summed E-state index contributed by atoms with van der Waals surface area (Å²) in [6, 6.07) is 15.0. The molecule has 0 radical (unpaired) electrons. The summed E-state index contributed by atoms with van der Waals surface area (Å²) < 4.78 is 27.3. The largest absolute Gasteiger partial charge is 0.496 e. The molecule has 2 aromatic carbocycles. The van der Waals surface area contributed by atoms with Crippen LogP contribution in [0.1, 0.15) is 64.5 Å². The van der Waals surface area contributed by atoms with Gasteiger partial charge in [0.1, 0.15) is 11.6 Å². The van der Waals surface area contributed by atoms with E-state index in [2.05, 4.69) is 15.6 Å². The molecule has 4 heterocycles. The van der Waals surface area contributed by atoms with E-state index < -0.39 is 5.82 Å². The van der Waals surface area contributed by atoms with Crippen LogP contribution in [0.4, 0.5) is 4.39 Å². The molecule has 13 heteroatoms. The fourth-order valence-corrected chi connectivity index (χ4v) is 8.31. The summed E-state index contributed by atoms with van der Waals surface area (Å²) in [5, 5.41) is 7.85. The van der Waals surface area contributed by atoms with Gasteiger partial charge in [0.05, 0.1) is 35.7 Å². The fraction of sp³-hybridized carbons (Fsp3) is 0.455. The molecule has 304 valence electrons. The molecule has 2 saturated heterocycles. The number of nitrogens with zero attached hydrogens (tertiary/aromatic N) is 4. The fourth-order valence-electron chi connectivity index (χ4n) is 7.66. The number of carbonyl (C=O) groups excluding carboxylic acids is 2. The number of nitrogens with one attached hydrogen (secondary N) is 2. The highest BCUT2D eigenvalue weighted by Gasteiger charge is 2.27. The Bertz CT molecular complexity index is 2060. The zero-order valence-corrected chi connectivity index (χ0v) is 35.1. The SMILES string of the molecule is COc1cc(-c2nccc(-c3cccc(-c4ccc(CNC5CCN(C(=O)C(C)C)CC5)c(OC)n4)c3Cl)c2Cl)cc(F)c1CNC1CCN(C(=O)C(C)C)CC1. The average Bonchev–Trinajstić information content (AvgIpc) is 3.22. The Kier molecular flexibility index (Phi) is 14.1. The predicted molar refractivity (Wildman–Crippen MR) is 224 cm³/mol. The van der Waals surface area contributed by atoms with Gasteiger partial charge < -0.3 is 29.9 Å². The Labute approximate surface area is 345 Å². The molecular formula is C44H53Cl2FN6O4. The van der Waals surface area contributed by atoms with E-state index in [9.17, 15) is 9.59 Å². The molecule has 4 aromatic rings. The molecule has 0 aliphatic carbocycles. The lowest BCUT2D eigenvalue weighted by atomic mass is 9.98. The summed E-state index contributed by atoms with van der Waals surface area (Å²) in [6.45, 7) is 11.4. The van der Waals surface area contributed by atoms with Crippen LogP contribution in [0.3, 0.4) is 0 Å². The smallest absolute Gasteiger partial charge is 0.225 e. The van der Waals surface area contributed by atoms with Crippen LogP contribution in [-0.2, 0) is 22.7 Å². The highest BCUT2D eigenvalue weighted by Crippen LogP contribution is 2.42. The van der Waals surface area contributed by atoms with Crippen molar-refractivity contribution < 1.29 is 23.5 Å². The number of methoxy groups -OCH3 is 2. The molecule has 2 amide bonds. The minimum atomic E-state index is -0.435. The quantitative estimate of drug-likeness (QED) is 0.139. The van der Waals surface area contributed by atoms with Gasteiger partial charge in [-0.1, -0.05) is 75.2 Å². The molecule has 2 aliphatic rings. The second kappa shape index (κ2) is 19.0. The van der Waals surface area contributed by atoms with Gasteiger partial charge in [-0.2, -0.15) is 0 Å². The predicted octanol–water partition coefficient (Wildman–Crippen LogP) is 8.41. The summed E-state index contributed by atoms with van der Waals surface area (Å²) in [5.41, 5.74) is 4.84. The Balaban J connectivity index is 1.16. The van der Waals surface area contributed by atoms with Crippen molar-refractivity contribution in [1.82, 2.24) is 30.4 Å². The van der Waals surface area contributed by atoms with Crippen molar-refractivity contribution in [3.63, 3.8) is 0 Å². The van der Waals surface area contributed by atoms with Crippen LogP contribution in [0.2, 0.25) is 10.0 Å². The van der Waals surface area contributed by atoms with Crippen LogP contribution in [0.15, 0.2) is 54.7 Å². The maximum Gasteiger partial charge on any atom is 0.225 e. The Morgan fingerprint density at radius 3 is 1.95 bits per heavy atom. The molecule has 6 rings (SSSR count). The Hall–Kier alpha value is -4.29. The number of benzene rings is 2. The molecule has 0 bridgehead atoms. The lowest BCUT2D eigenvalue weighted by Gasteiger charge is -2.33. The van der Waals surface area contributed by atoms with Crippen LogP contribution in [0.25, 0.3) is 33.6 Å². The number of likely N-dealkylation sites (tertiary alicyclic amines) is 2. The van der Waals surface area contributed by atoms with E-state index in [-0.39, 0.29) is 36.2 Å². The normalized spacial score (nSPS) is 15.4. The summed E-state index contributed by atoms with van der Waals surface area (Å²) in [5.74, 6) is 0.803. The van der Waals surface area contributed by atoms with Gasteiger partial charge in [0.15, 0.2) is 0 Å². The van der Waals surface area contributed by atoms with E-state index in [1.54, 1.807) is 25.4 Å². The first-order valence-corrected chi connectivity index (χ1v) is 20.5. The van der Waals surface area contributed by atoms with E-state index in [1.807, 2.05) is 67.8 Å². The van der Waals surface area contributed by atoms with Gasteiger partial charge in [0.25, 0.3) is 0 Å². The number of piperidine rings is 2. The topological polar surface area (TPSA) is 109 Å². The molecule has 2 N–H and O–H groups in total. The molecule has 0 unspecified atom stereocenters. The number of pyridine rings is 2. The van der Waals surface area contributed by atoms with Gasteiger partial charge in [-0.3, -0.25) is 14.6 Å². The highest BCUT2D eigenvalue weighted by molar-refractivity contribution is 6.39. The minimum Gasteiger partial charge on any atom is -0.496 e. The second-order valence-electron chi connectivity index (χ2n) is 15.5. The first-order valence-electron chi connectivity index (χ1n) is 19.8. The number of ether oxygens (including phenoxy) is 2. The third kappa shape index (κ3) is 9.71. The zero-order valence-electron chi connectivity index (χ0n) is 33.6. The van der Waals surface area contributed by atoms with Crippen LogP contribution in [0, 0.1) is 17.7 Å². The van der Waals surface area contributed by atoms with Gasteiger partial charge in [0.2, 0.25) is 17.7 Å². The second-order valence-corrected chi connectivity index (χ2v) is 16.2. The standard InChI is InChI=1S/C44H53Cl2FN6O4/c1-26(2)43(54)52-18-13-30(14-19-52)49-24-28-10-11-37(51-42(28)57-6)34-9-7-8-32(39(34)45)33-12-17-48-41(40(33)46)29-22-36(47)35(38(23-29)56-5)25-50-31-15-20-53(21-16-31)44(55)27(3)4/h7-12,17,22-23,26-27,30-31,49-50H,13-16,18-21,24-25H2,1-6H3. The van der Waals surface area contributed by atoms with Crippen LogP contribution in [-0.4, -0.2) is 84.1 Å². The van der Waals surface area contributed by atoms with Crippen molar-refractivity contribution in [2.75, 3.05) is 40.4 Å².